The van der Waals surface area contributed by atoms with E-state index in [-0.39, 0.29) is 16.3 Å². The molecule has 0 aliphatic heterocycles. The predicted octanol–water partition coefficient (Wildman–Crippen LogP) is 0.733. The minimum atomic E-state index is -1.07. The smallest absolute Gasteiger partial charge is 0.288 e. The molecule has 0 saturated carbocycles. The number of nitro benzene ring substituents is 1. The second-order valence-corrected chi connectivity index (χ2v) is 3.26. The first-order valence-electron chi connectivity index (χ1n) is 3.92. The lowest BCUT2D eigenvalue weighted by atomic mass is 10.1. The Morgan fingerprint density at radius 3 is 2.60 bits per heavy atom. The quantitative estimate of drug-likeness (QED) is 0.588. The van der Waals surface area contributed by atoms with Crippen LogP contribution in [0, 0.1) is 10.1 Å². The highest BCUT2D eigenvalue weighted by atomic mass is 35.5. The van der Waals surface area contributed by atoms with E-state index >= 15 is 0 Å². The van der Waals surface area contributed by atoms with E-state index in [1.54, 1.807) is 0 Å². The topological polar surface area (TPSA) is 112 Å². The lowest BCUT2D eigenvalue weighted by Crippen LogP contribution is -2.28. The Balaban J connectivity index is 3.18. The summed E-state index contributed by atoms with van der Waals surface area (Å²) in [6, 6.07) is 2.79. The number of benzene rings is 1. The fourth-order valence-corrected chi connectivity index (χ4v) is 1.21. The molecule has 0 bridgehead atoms. The number of hydrogen-bond donors (Lipinski definition) is 2. The number of nitrogens with two attached hydrogens (primary N) is 2. The molecule has 80 valence electrons. The van der Waals surface area contributed by atoms with Crippen LogP contribution in [0.1, 0.15) is 11.6 Å². The average Bonchev–Trinajstić information content (AvgIpc) is 2.16. The largest absolute Gasteiger partial charge is 0.368 e. The third-order valence-electron chi connectivity index (χ3n) is 1.83. The summed E-state index contributed by atoms with van der Waals surface area (Å²) in [4.78, 5) is 20.6. The number of hydrogen-bond acceptors (Lipinski definition) is 4. The maximum Gasteiger partial charge on any atom is 0.288 e. The summed E-state index contributed by atoms with van der Waals surface area (Å²) in [5.74, 6) is -0.758. The minimum Gasteiger partial charge on any atom is -0.368 e. The molecule has 1 amide bonds. The Bertz CT molecular complexity index is 422. The van der Waals surface area contributed by atoms with Crippen molar-refractivity contribution in [2.75, 3.05) is 0 Å². The van der Waals surface area contributed by atoms with E-state index < -0.39 is 16.9 Å². The van der Waals surface area contributed by atoms with Gasteiger partial charge in [0.2, 0.25) is 5.91 Å². The average molecular weight is 230 g/mol. The minimum absolute atomic E-state index is 0.0135. The maximum absolute atomic E-state index is 10.8. The van der Waals surface area contributed by atoms with Gasteiger partial charge in [-0.3, -0.25) is 14.9 Å². The van der Waals surface area contributed by atoms with Crippen molar-refractivity contribution in [2.24, 2.45) is 11.5 Å². The van der Waals surface area contributed by atoms with Crippen molar-refractivity contribution >= 4 is 23.2 Å². The second-order valence-electron chi connectivity index (χ2n) is 2.85. The molecule has 0 heterocycles. The lowest BCUT2D eigenvalue weighted by Gasteiger charge is -2.07. The summed E-state index contributed by atoms with van der Waals surface area (Å²) in [6.45, 7) is 0. The van der Waals surface area contributed by atoms with Crippen LogP contribution in [0.25, 0.3) is 0 Å². The van der Waals surface area contributed by atoms with E-state index in [2.05, 4.69) is 0 Å². The summed E-state index contributed by atoms with van der Waals surface area (Å²) in [5, 5.41) is 10.5. The van der Waals surface area contributed by atoms with Crippen molar-refractivity contribution in [3.63, 3.8) is 0 Å². The SMILES string of the molecule is NC(=O)C(N)c1ccc(Cl)c([N+](=O)[O-])c1. The molecule has 6 nitrogen and oxygen atoms in total. The van der Waals surface area contributed by atoms with Crippen LogP contribution in [0.15, 0.2) is 18.2 Å². The highest BCUT2D eigenvalue weighted by Crippen LogP contribution is 2.26. The van der Waals surface area contributed by atoms with E-state index in [0.717, 1.165) is 6.07 Å². The van der Waals surface area contributed by atoms with E-state index in [9.17, 15) is 14.9 Å². The standard InChI is InChI=1S/C8H8ClN3O3/c9-5-2-1-4(7(10)8(11)13)3-6(5)12(14)15/h1-3,7H,10H2,(H2,11,13). The first kappa shape index (κ1) is 11.4. The number of rotatable bonds is 3. The van der Waals surface area contributed by atoms with Crippen molar-refractivity contribution in [1.29, 1.82) is 0 Å². The summed E-state index contributed by atoms with van der Waals surface area (Å²) >= 11 is 5.58. The summed E-state index contributed by atoms with van der Waals surface area (Å²) in [5.41, 5.74) is 10.3. The molecule has 0 radical (unpaired) electrons. The zero-order valence-electron chi connectivity index (χ0n) is 7.51. The van der Waals surface area contributed by atoms with Gasteiger partial charge in [-0.2, -0.15) is 0 Å². The maximum atomic E-state index is 10.8. The van der Waals surface area contributed by atoms with Gasteiger partial charge in [0, 0.05) is 6.07 Å². The summed E-state index contributed by atoms with van der Waals surface area (Å²) in [7, 11) is 0. The van der Waals surface area contributed by atoms with Gasteiger partial charge in [-0.1, -0.05) is 17.7 Å². The van der Waals surface area contributed by atoms with Gasteiger partial charge in [-0.05, 0) is 11.6 Å². The van der Waals surface area contributed by atoms with E-state index in [4.69, 9.17) is 23.1 Å². The predicted molar refractivity (Wildman–Crippen MR) is 54.2 cm³/mol. The molecule has 1 rings (SSSR count). The molecule has 7 heteroatoms. The first-order valence-corrected chi connectivity index (χ1v) is 4.30. The fraction of sp³-hybridized carbons (Fsp3) is 0.125. The van der Waals surface area contributed by atoms with E-state index in [1.165, 1.54) is 12.1 Å². The van der Waals surface area contributed by atoms with Gasteiger partial charge in [0.25, 0.3) is 5.69 Å². The highest BCUT2D eigenvalue weighted by Gasteiger charge is 2.18. The zero-order chi connectivity index (χ0) is 11.6. The fourth-order valence-electron chi connectivity index (χ4n) is 1.03. The number of nitro groups is 1. The third-order valence-corrected chi connectivity index (χ3v) is 2.15. The molecule has 0 fully saturated rings. The van der Waals surface area contributed by atoms with Crippen molar-refractivity contribution in [3.8, 4) is 0 Å². The van der Waals surface area contributed by atoms with Gasteiger partial charge < -0.3 is 11.5 Å². The first-order chi connectivity index (χ1) is 6.93. The van der Waals surface area contributed by atoms with Crippen molar-refractivity contribution < 1.29 is 9.72 Å². The zero-order valence-corrected chi connectivity index (χ0v) is 8.27. The summed E-state index contributed by atoms with van der Waals surface area (Å²) < 4.78 is 0. The Morgan fingerprint density at radius 1 is 1.53 bits per heavy atom. The van der Waals surface area contributed by atoms with Crippen LogP contribution in [0.3, 0.4) is 0 Å². The van der Waals surface area contributed by atoms with Crippen LogP contribution in [-0.4, -0.2) is 10.8 Å². The van der Waals surface area contributed by atoms with Crippen molar-refractivity contribution in [3.05, 3.63) is 38.9 Å². The number of primary amides is 1. The number of amides is 1. The normalized spacial score (nSPS) is 12.1. The number of halogens is 1. The molecule has 1 aromatic carbocycles. The van der Waals surface area contributed by atoms with Gasteiger partial charge in [-0.25, -0.2) is 0 Å². The molecule has 1 unspecified atom stereocenters. The Hall–Kier alpha value is -1.66. The molecule has 15 heavy (non-hydrogen) atoms. The Kier molecular flexibility index (Phi) is 3.23. The van der Waals surface area contributed by atoms with Crippen molar-refractivity contribution in [1.82, 2.24) is 0 Å². The highest BCUT2D eigenvalue weighted by molar-refractivity contribution is 6.32. The second kappa shape index (κ2) is 4.24. The van der Waals surface area contributed by atoms with Gasteiger partial charge in [0.05, 0.1) is 4.92 Å². The van der Waals surface area contributed by atoms with Gasteiger partial charge in [-0.15, -0.1) is 0 Å². The molecule has 0 spiro atoms. The summed E-state index contributed by atoms with van der Waals surface area (Å²) in [6.07, 6.45) is 0. The van der Waals surface area contributed by atoms with Crippen LogP contribution in [-0.2, 0) is 4.79 Å². The van der Waals surface area contributed by atoms with E-state index in [0.29, 0.717) is 0 Å². The molecule has 0 saturated heterocycles. The Morgan fingerprint density at radius 2 is 2.13 bits per heavy atom. The molecule has 0 aliphatic rings. The van der Waals surface area contributed by atoms with Gasteiger partial charge in [0.15, 0.2) is 0 Å². The van der Waals surface area contributed by atoms with E-state index in [1.807, 2.05) is 0 Å². The van der Waals surface area contributed by atoms with Crippen LogP contribution < -0.4 is 11.5 Å². The molecule has 0 aromatic heterocycles. The van der Waals surface area contributed by atoms with Crippen LogP contribution in [0.5, 0.6) is 0 Å². The number of nitrogens with zero attached hydrogens (tertiary/aromatic N) is 1. The van der Waals surface area contributed by atoms with Crippen LogP contribution in [0.4, 0.5) is 5.69 Å². The lowest BCUT2D eigenvalue weighted by molar-refractivity contribution is -0.384. The molecule has 4 N–H and O–H groups in total. The van der Waals surface area contributed by atoms with Crippen LogP contribution >= 0.6 is 11.6 Å². The third kappa shape index (κ3) is 2.42. The monoisotopic (exact) mass is 229 g/mol. The Labute approximate surface area is 90.0 Å². The number of carbonyl (C=O) groups excluding carboxylic acids is 1. The molecular formula is C8H8ClN3O3. The number of carbonyl (C=O) groups is 1. The molecule has 0 aliphatic carbocycles. The van der Waals surface area contributed by atoms with Crippen molar-refractivity contribution in [2.45, 2.75) is 6.04 Å². The molecular weight excluding hydrogens is 222 g/mol. The van der Waals surface area contributed by atoms with Gasteiger partial charge in [0.1, 0.15) is 11.1 Å². The van der Waals surface area contributed by atoms with Gasteiger partial charge >= 0.3 is 0 Å². The van der Waals surface area contributed by atoms with Crippen LogP contribution in [0.2, 0.25) is 5.02 Å². The molecule has 1 aromatic rings. The molecule has 1 atom stereocenters.